The van der Waals surface area contributed by atoms with Crippen molar-refractivity contribution in [2.75, 3.05) is 38.7 Å². The molecule has 2 aliphatic heterocycles. The SMILES string of the molecule is COc1cccc(Nc2nc(C(=O)N3CCCC(C(=O)NCC4CCCO4)C3)cs2)c1. The molecule has 1 aromatic heterocycles. The van der Waals surface area contributed by atoms with Crippen LogP contribution in [0.15, 0.2) is 29.6 Å². The predicted octanol–water partition coefficient (Wildman–Crippen LogP) is 3.04. The van der Waals surface area contributed by atoms with Gasteiger partial charge in [0.25, 0.3) is 5.91 Å². The molecule has 2 unspecified atom stereocenters. The molecule has 2 fully saturated rings. The highest BCUT2D eigenvalue weighted by Crippen LogP contribution is 2.25. The van der Waals surface area contributed by atoms with Crippen LogP contribution in [0.4, 0.5) is 10.8 Å². The minimum absolute atomic E-state index is 0.00617. The summed E-state index contributed by atoms with van der Waals surface area (Å²) in [6, 6.07) is 7.54. The smallest absolute Gasteiger partial charge is 0.273 e. The Bertz CT molecular complexity index is 912. The van der Waals surface area contributed by atoms with Crippen molar-refractivity contribution < 1.29 is 19.1 Å². The zero-order valence-electron chi connectivity index (χ0n) is 17.6. The van der Waals surface area contributed by atoms with E-state index in [9.17, 15) is 9.59 Å². The maximum atomic E-state index is 13.0. The standard InChI is InChI=1S/C22H28N4O4S/c1-29-17-7-2-6-16(11-17)24-22-25-19(14-31-22)21(28)26-9-3-5-15(13-26)20(27)23-12-18-8-4-10-30-18/h2,6-7,11,14-15,18H,3-5,8-10,12-13H2,1H3,(H,23,27)(H,24,25). The molecule has 0 aliphatic carbocycles. The van der Waals surface area contributed by atoms with Gasteiger partial charge in [0.2, 0.25) is 5.91 Å². The summed E-state index contributed by atoms with van der Waals surface area (Å²) in [5, 5.41) is 8.60. The van der Waals surface area contributed by atoms with Gasteiger partial charge in [-0.15, -0.1) is 11.3 Å². The van der Waals surface area contributed by atoms with Crippen molar-refractivity contribution in [3.8, 4) is 5.75 Å². The number of benzene rings is 1. The number of anilines is 2. The molecule has 0 spiro atoms. The first-order valence-corrected chi connectivity index (χ1v) is 11.6. The summed E-state index contributed by atoms with van der Waals surface area (Å²) in [5.41, 5.74) is 1.24. The summed E-state index contributed by atoms with van der Waals surface area (Å²) in [6.07, 6.45) is 3.76. The van der Waals surface area contributed by atoms with Crippen LogP contribution in [0.5, 0.6) is 5.75 Å². The zero-order chi connectivity index (χ0) is 21.6. The van der Waals surface area contributed by atoms with Crippen molar-refractivity contribution in [1.82, 2.24) is 15.2 Å². The van der Waals surface area contributed by atoms with Gasteiger partial charge in [0, 0.05) is 43.4 Å². The van der Waals surface area contributed by atoms with E-state index in [1.165, 1.54) is 11.3 Å². The average Bonchev–Trinajstić information content (AvgIpc) is 3.49. The number of hydrogen-bond acceptors (Lipinski definition) is 7. The van der Waals surface area contributed by atoms with Crippen molar-refractivity contribution in [1.29, 1.82) is 0 Å². The van der Waals surface area contributed by atoms with E-state index in [2.05, 4.69) is 15.6 Å². The molecule has 31 heavy (non-hydrogen) atoms. The van der Waals surface area contributed by atoms with E-state index in [1.807, 2.05) is 24.3 Å². The number of piperidine rings is 1. The maximum Gasteiger partial charge on any atom is 0.273 e. The van der Waals surface area contributed by atoms with Crippen molar-refractivity contribution in [2.24, 2.45) is 5.92 Å². The van der Waals surface area contributed by atoms with Crippen LogP contribution in [-0.2, 0) is 9.53 Å². The Kier molecular flexibility index (Phi) is 7.03. The Morgan fingerprint density at radius 3 is 3.03 bits per heavy atom. The number of nitrogens with one attached hydrogen (secondary N) is 2. The van der Waals surface area contributed by atoms with Crippen LogP contribution in [-0.4, -0.2) is 61.2 Å². The molecule has 0 radical (unpaired) electrons. The van der Waals surface area contributed by atoms with Gasteiger partial charge in [-0.25, -0.2) is 4.98 Å². The lowest BCUT2D eigenvalue weighted by molar-refractivity contribution is -0.126. The van der Waals surface area contributed by atoms with Gasteiger partial charge in [0.05, 0.1) is 19.1 Å². The quantitative estimate of drug-likeness (QED) is 0.682. The normalized spacial score (nSPS) is 21.0. The van der Waals surface area contributed by atoms with Crippen molar-refractivity contribution in [2.45, 2.75) is 31.8 Å². The first kappa shape index (κ1) is 21.6. The van der Waals surface area contributed by atoms with Crippen molar-refractivity contribution in [3.05, 3.63) is 35.3 Å². The highest BCUT2D eigenvalue weighted by atomic mass is 32.1. The Balaban J connectivity index is 1.32. The van der Waals surface area contributed by atoms with Gasteiger partial charge in [0.15, 0.2) is 5.13 Å². The predicted molar refractivity (Wildman–Crippen MR) is 119 cm³/mol. The van der Waals surface area contributed by atoms with Gasteiger partial charge >= 0.3 is 0 Å². The van der Waals surface area contributed by atoms with Gasteiger partial charge in [0.1, 0.15) is 11.4 Å². The lowest BCUT2D eigenvalue weighted by atomic mass is 9.97. The molecule has 3 heterocycles. The molecule has 9 heteroatoms. The fraction of sp³-hybridized carbons (Fsp3) is 0.500. The van der Waals surface area contributed by atoms with Gasteiger partial charge in [-0.1, -0.05) is 6.07 Å². The molecule has 2 amide bonds. The molecular formula is C22H28N4O4S. The molecule has 2 aliphatic rings. The molecule has 2 N–H and O–H groups in total. The molecule has 1 aromatic carbocycles. The second-order valence-electron chi connectivity index (χ2n) is 7.87. The third-order valence-electron chi connectivity index (χ3n) is 5.65. The van der Waals surface area contributed by atoms with E-state index in [0.717, 1.165) is 43.7 Å². The number of rotatable bonds is 7. The summed E-state index contributed by atoms with van der Waals surface area (Å²) in [4.78, 5) is 31.7. The molecule has 2 aromatic rings. The van der Waals surface area contributed by atoms with Crippen LogP contribution in [0.3, 0.4) is 0 Å². The second-order valence-corrected chi connectivity index (χ2v) is 8.72. The van der Waals surface area contributed by atoms with E-state index in [0.29, 0.717) is 30.5 Å². The van der Waals surface area contributed by atoms with E-state index in [1.54, 1.807) is 17.4 Å². The molecule has 166 valence electrons. The van der Waals surface area contributed by atoms with Crippen molar-refractivity contribution in [3.63, 3.8) is 0 Å². The minimum atomic E-state index is -0.188. The Labute approximate surface area is 185 Å². The lowest BCUT2D eigenvalue weighted by Crippen LogP contribution is -2.46. The fourth-order valence-electron chi connectivity index (χ4n) is 3.96. The highest BCUT2D eigenvalue weighted by Gasteiger charge is 2.30. The van der Waals surface area contributed by atoms with E-state index in [-0.39, 0.29) is 23.8 Å². The van der Waals surface area contributed by atoms with Crippen molar-refractivity contribution >= 4 is 34.0 Å². The number of ether oxygens (including phenoxy) is 2. The van der Waals surface area contributed by atoms with Crippen LogP contribution in [0.2, 0.25) is 0 Å². The number of thiazole rings is 1. The maximum absolute atomic E-state index is 13.0. The number of amides is 2. The number of aromatic nitrogens is 1. The first-order chi connectivity index (χ1) is 15.1. The zero-order valence-corrected chi connectivity index (χ0v) is 18.5. The third-order valence-corrected chi connectivity index (χ3v) is 6.41. The average molecular weight is 445 g/mol. The number of carbonyl (C=O) groups excluding carboxylic acids is 2. The molecular weight excluding hydrogens is 416 g/mol. The summed E-state index contributed by atoms with van der Waals surface area (Å²) in [7, 11) is 1.62. The monoisotopic (exact) mass is 444 g/mol. The number of nitrogens with zero attached hydrogens (tertiary/aromatic N) is 2. The number of methoxy groups -OCH3 is 1. The van der Waals surface area contributed by atoms with E-state index < -0.39 is 0 Å². The van der Waals surface area contributed by atoms with Gasteiger partial charge < -0.3 is 25.0 Å². The topological polar surface area (TPSA) is 92.8 Å². The van der Waals surface area contributed by atoms with Crippen LogP contribution in [0, 0.1) is 5.92 Å². The van der Waals surface area contributed by atoms with Crippen LogP contribution < -0.4 is 15.4 Å². The van der Waals surface area contributed by atoms with Crippen LogP contribution in [0.25, 0.3) is 0 Å². The number of hydrogen-bond donors (Lipinski definition) is 2. The van der Waals surface area contributed by atoms with Gasteiger partial charge in [-0.2, -0.15) is 0 Å². The molecule has 4 rings (SSSR count). The van der Waals surface area contributed by atoms with Gasteiger partial charge in [-0.3, -0.25) is 9.59 Å². The fourth-order valence-corrected chi connectivity index (χ4v) is 4.66. The molecule has 2 atom stereocenters. The molecule has 0 bridgehead atoms. The molecule has 0 saturated carbocycles. The summed E-state index contributed by atoms with van der Waals surface area (Å²) < 4.78 is 10.8. The molecule has 8 nitrogen and oxygen atoms in total. The lowest BCUT2D eigenvalue weighted by Gasteiger charge is -2.31. The van der Waals surface area contributed by atoms with Crippen LogP contribution in [0.1, 0.15) is 36.2 Å². The number of carbonyl (C=O) groups is 2. The highest BCUT2D eigenvalue weighted by molar-refractivity contribution is 7.14. The van der Waals surface area contributed by atoms with E-state index >= 15 is 0 Å². The Morgan fingerprint density at radius 2 is 2.23 bits per heavy atom. The first-order valence-electron chi connectivity index (χ1n) is 10.7. The summed E-state index contributed by atoms with van der Waals surface area (Å²) in [5.74, 6) is 0.431. The second kappa shape index (κ2) is 10.1. The largest absolute Gasteiger partial charge is 0.497 e. The van der Waals surface area contributed by atoms with Gasteiger partial charge in [-0.05, 0) is 37.8 Å². The van der Waals surface area contributed by atoms with Crippen LogP contribution >= 0.6 is 11.3 Å². The number of likely N-dealkylation sites (tertiary alicyclic amines) is 1. The minimum Gasteiger partial charge on any atom is -0.497 e. The third kappa shape index (κ3) is 5.54. The summed E-state index contributed by atoms with van der Waals surface area (Å²) in [6.45, 7) is 2.39. The van der Waals surface area contributed by atoms with E-state index in [4.69, 9.17) is 9.47 Å². The Hall–Kier alpha value is -2.65. The molecule has 2 saturated heterocycles. The summed E-state index contributed by atoms with van der Waals surface area (Å²) >= 11 is 1.38. The Morgan fingerprint density at radius 1 is 1.32 bits per heavy atom.